The second kappa shape index (κ2) is 10.7. The van der Waals surface area contributed by atoms with Crippen LogP contribution in [-0.4, -0.2) is 35.5 Å². The van der Waals surface area contributed by atoms with Gasteiger partial charge in [-0.3, -0.25) is 9.69 Å². The van der Waals surface area contributed by atoms with Crippen molar-refractivity contribution in [3.63, 3.8) is 0 Å². The summed E-state index contributed by atoms with van der Waals surface area (Å²) in [6.07, 6.45) is 1.62. The molecular weight excluding hydrogens is 425 g/mol. The molecule has 4 rings (SSSR count). The molecule has 0 saturated carbocycles. The van der Waals surface area contributed by atoms with E-state index in [4.69, 9.17) is 4.74 Å². The van der Waals surface area contributed by atoms with Gasteiger partial charge in [0.15, 0.2) is 11.6 Å². The lowest BCUT2D eigenvalue weighted by atomic mass is 9.95. The summed E-state index contributed by atoms with van der Waals surface area (Å²) in [4.78, 5) is 20.0. The molecule has 7 heteroatoms. The number of carbonyl (C=O) groups excluding carboxylic acids is 1. The van der Waals surface area contributed by atoms with Crippen molar-refractivity contribution in [2.75, 3.05) is 19.7 Å². The van der Waals surface area contributed by atoms with Gasteiger partial charge >= 0.3 is 0 Å². The number of halogens is 1. The molecule has 168 valence electrons. The molecule has 0 bridgehead atoms. The van der Waals surface area contributed by atoms with E-state index in [0.717, 1.165) is 48.7 Å². The van der Waals surface area contributed by atoms with Crippen LogP contribution in [0.3, 0.4) is 0 Å². The Labute approximate surface area is 192 Å². The summed E-state index contributed by atoms with van der Waals surface area (Å²) in [5.74, 6) is -0.232. The standard InChI is InChI=1S/C25H28FN3O2S/c1-18-27-21(17-32-18)15-29-13-11-20(12-14-29)25(30)28-23(19-7-3-2-4-8-19)16-31-24-10-6-5-9-22(24)26/h2-10,17,20,23H,11-16H2,1H3,(H,28,30). The minimum absolute atomic E-state index is 0.0279. The summed E-state index contributed by atoms with van der Waals surface area (Å²) in [5, 5.41) is 6.33. The number of benzene rings is 2. The molecule has 5 nitrogen and oxygen atoms in total. The number of nitrogens with one attached hydrogen (secondary N) is 1. The largest absolute Gasteiger partial charge is 0.488 e. The maximum atomic E-state index is 14.0. The number of piperidine rings is 1. The number of aryl methyl sites for hydroxylation is 1. The Morgan fingerprint density at radius 3 is 2.59 bits per heavy atom. The lowest BCUT2D eigenvalue weighted by molar-refractivity contribution is -0.127. The zero-order valence-electron chi connectivity index (χ0n) is 18.2. The number of thiazole rings is 1. The Balaban J connectivity index is 1.34. The number of rotatable bonds is 8. The van der Waals surface area contributed by atoms with Gasteiger partial charge in [0.05, 0.1) is 16.7 Å². The summed E-state index contributed by atoms with van der Waals surface area (Å²) >= 11 is 1.67. The summed E-state index contributed by atoms with van der Waals surface area (Å²) in [5.41, 5.74) is 2.04. The number of nitrogens with zero attached hydrogens (tertiary/aromatic N) is 2. The second-order valence-electron chi connectivity index (χ2n) is 8.12. The van der Waals surface area contributed by atoms with E-state index in [-0.39, 0.29) is 30.2 Å². The number of likely N-dealkylation sites (tertiary alicyclic amines) is 1. The molecule has 1 atom stereocenters. The lowest BCUT2D eigenvalue weighted by Gasteiger charge is -2.31. The topological polar surface area (TPSA) is 54.5 Å². The monoisotopic (exact) mass is 453 g/mol. The fourth-order valence-corrected chi connectivity index (χ4v) is 4.60. The molecule has 1 aromatic heterocycles. The van der Waals surface area contributed by atoms with Gasteiger partial charge in [-0.15, -0.1) is 11.3 Å². The molecule has 0 spiro atoms. The third kappa shape index (κ3) is 5.93. The summed E-state index contributed by atoms with van der Waals surface area (Å²) in [6.45, 7) is 4.76. The van der Waals surface area contributed by atoms with E-state index in [1.54, 1.807) is 29.5 Å². The number of hydrogen-bond donors (Lipinski definition) is 1. The number of ether oxygens (including phenoxy) is 1. The van der Waals surface area contributed by atoms with Gasteiger partial charge < -0.3 is 10.1 Å². The number of amides is 1. The van der Waals surface area contributed by atoms with Crippen LogP contribution in [-0.2, 0) is 11.3 Å². The van der Waals surface area contributed by atoms with E-state index in [2.05, 4.69) is 20.6 Å². The second-order valence-corrected chi connectivity index (χ2v) is 9.18. The quantitative estimate of drug-likeness (QED) is 0.535. The van der Waals surface area contributed by atoms with Crippen LogP contribution < -0.4 is 10.1 Å². The Bertz CT molecular complexity index is 1020. The lowest BCUT2D eigenvalue weighted by Crippen LogP contribution is -2.42. The summed E-state index contributed by atoms with van der Waals surface area (Å²) in [6, 6.07) is 15.7. The first kappa shape index (κ1) is 22.4. The van der Waals surface area contributed by atoms with Crippen LogP contribution in [0.25, 0.3) is 0 Å². The van der Waals surface area contributed by atoms with Crippen molar-refractivity contribution < 1.29 is 13.9 Å². The molecule has 2 heterocycles. The van der Waals surface area contributed by atoms with Crippen LogP contribution in [0.2, 0.25) is 0 Å². The van der Waals surface area contributed by atoms with Crippen LogP contribution in [0.5, 0.6) is 5.75 Å². The Kier molecular flexibility index (Phi) is 7.50. The Hall–Kier alpha value is -2.77. The first-order valence-corrected chi connectivity index (χ1v) is 11.8. The molecule has 1 N–H and O–H groups in total. The Morgan fingerprint density at radius 1 is 1.19 bits per heavy atom. The SMILES string of the molecule is Cc1nc(CN2CCC(C(=O)NC(COc3ccccc3F)c3ccccc3)CC2)cs1. The van der Waals surface area contributed by atoms with Crippen molar-refractivity contribution in [2.45, 2.75) is 32.4 Å². The number of carbonyl (C=O) groups is 1. The average molecular weight is 454 g/mol. The molecule has 3 aromatic rings. The summed E-state index contributed by atoms with van der Waals surface area (Å²) in [7, 11) is 0. The van der Waals surface area contributed by atoms with Crippen LogP contribution >= 0.6 is 11.3 Å². The van der Waals surface area contributed by atoms with Crippen molar-refractivity contribution in [1.29, 1.82) is 0 Å². The van der Waals surface area contributed by atoms with Gasteiger partial charge in [0.1, 0.15) is 6.61 Å². The normalized spacial score (nSPS) is 15.9. The highest BCUT2D eigenvalue weighted by atomic mass is 32.1. The van der Waals surface area contributed by atoms with Gasteiger partial charge in [-0.05, 0) is 50.6 Å². The van der Waals surface area contributed by atoms with Crippen molar-refractivity contribution >= 4 is 17.2 Å². The number of hydrogen-bond acceptors (Lipinski definition) is 5. The van der Waals surface area contributed by atoms with Crippen molar-refractivity contribution in [2.24, 2.45) is 5.92 Å². The molecule has 32 heavy (non-hydrogen) atoms. The fourth-order valence-electron chi connectivity index (χ4n) is 3.99. The van der Waals surface area contributed by atoms with Crippen LogP contribution in [0.1, 0.15) is 35.1 Å². The maximum Gasteiger partial charge on any atom is 0.223 e. The average Bonchev–Trinajstić information content (AvgIpc) is 3.23. The molecule has 2 aromatic carbocycles. The highest BCUT2D eigenvalue weighted by molar-refractivity contribution is 7.09. The van der Waals surface area contributed by atoms with Gasteiger partial charge in [0, 0.05) is 17.8 Å². The van der Waals surface area contributed by atoms with Crippen LogP contribution in [0.4, 0.5) is 4.39 Å². The van der Waals surface area contributed by atoms with Crippen molar-refractivity contribution in [3.8, 4) is 5.75 Å². The van der Waals surface area contributed by atoms with Crippen LogP contribution in [0, 0.1) is 18.7 Å². The predicted molar refractivity (Wildman–Crippen MR) is 124 cm³/mol. The molecule has 1 aliphatic rings. The third-order valence-electron chi connectivity index (χ3n) is 5.77. The van der Waals surface area contributed by atoms with Gasteiger partial charge in [0.25, 0.3) is 0 Å². The number of aromatic nitrogens is 1. The maximum absolute atomic E-state index is 14.0. The molecule has 0 radical (unpaired) electrons. The molecule has 1 unspecified atom stereocenters. The van der Waals surface area contributed by atoms with E-state index < -0.39 is 5.82 Å². The molecule has 0 aliphatic carbocycles. The van der Waals surface area contributed by atoms with E-state index >= 15 is 0 Å². The Morgan fingerprint density at radius 2 is 1.91 bits per heavy atom. The van der Waals surface area contributed by atoms with E-state index in [1.807, 2.05) is 37.3 Å². The third-order valence-corrected chi connectivity index (χ3v) is 6.59. The van der Waals surface area contributed by atoms with E-state index in [9.17, 15) is 9.18 Å². The van der Waals surface area contributed by atoms with Gasteiger partial charge in [0.2, 0.25) is 5.91 Å². The minimum Gasteiger partial charge on any atom is -0.488 e. The smallest absolute Gasteiger partial charge is 0.223 e. The highest BCUT2D eigenvalue weighted by Gasteiger charge is 2.27. The van der Waals surface area contributed by atoms with Gasteiger partial charge in [-0.1, -0.05) is 42.5 Å². The highest BCUT2D eigenvalue weighted by Crippen LogP contribution is 2.23. The fraction of sp³-hybridized carbons (Fsp3) is 0.360. The molecule has 1 fully saturated rings. The predicted octanol–water partition coefficient (Wildman–Crippen LogP) is 4.74. The van der Waals surface area contributed by atoms with Crippen molar-refractivity contribution in [1.82, 2.24) is 15.2 Å². The zero-order chi connectivity index (χ0) is 22.3. The van der Waals surface area contributed by atoms with E-state index in [0.29, 0.717) is 0 Å². The van der Waals surface area contributed by atoms with Crippen LogP contribution in [0.15, 0.2) is 60.0 Å². The molecule has 1 amide bonds. The first-order chi connectivity index (χ1) is 15.6. The zero-order valence-corrected chi connectivity index (χ0v) is 19.0. The van der Waals surface area contributed by atoms with Crippen molar-refractivity contribution in [3.05, 3.63) is 82.1 Å². The molecule has 1 aliphatic heterocycles. The van der Waals surface area contributed by atoms with Gasteiger partial charge in [-0.25, -0.2) is 9.37 Å². The molecular formula is C25H28FN3O2S. The summed E-state index contributed by atoms with van der Waals surface area (Å²) < 4.78 is 19.7. The number of para-hydroxylation sites is 1. The van der Waals surface area contributed by atoms with E-state index in [1.165, 1.54) is 6.07 Å². The molecule has 1 saturated heterocycles. The van der Waals surface area contributed by atoms with Gasteiger partial charge in [-0.2, -0.15) is 0 Å². The first-order valence-electron chi connectivity index (χ1n) is 10.9. The minimum atomic E-state index is -0.409.